The summed E-state index contributed by atoms with van der Waals surface area (Å²) >= 11 is 0. The van der Waals surface area contributed by atoms with Crippen molar-refractivity contribution in [2.75, 3.05) is 0 Å². The SMILES string of the molecule is c1ccc(-c2cc(-c3ccccc3)cc(-c3ccc4c5ccccc5c5ccc(-n6c7ccccc7c7cc8c(cc76)C(c6ccccc6)(c6ccccc6)c6ccccc6-8)cc5c4c3)c2)cc1. The molecule has 0 N–H and O–H groups in total. The summed E-state index contributed by atoms with van der Waals surface area (Å²) in [6, 6.07) is 97.0. The molecule has 0 aliphatic heterocycles. The molecule has 0 bridgehead atoms. The molecule has 0 atom stereocenters. The van der Waals surface area contributed by atoms with Crippen LogP contribution < -0.4 is 0 Å². The van der Waals surface area contributed by atoms with E-state index >= 15 is 0 Å². The molecule has 12 aromatic carbocycles. The summed E-state index contributed by atoms with van der Waals surface area (Å²) in [6.07, 6.45) is 0. The number of fused-ring (bicyclic) bond motifs is 12. The number of benzene rings is 12. The van der Waals surface area contributed by atoms with Crippen molar-refractivity contribution >= 4 is 54.1 Å². The normalized spacial score (nSPS) is 12.8. The van der Waals surface area contributed by atoms with E-state index in [0.29, 0.717) is 0 Å². The average molecular weight is 862 g/mol. The van der Waals surface area contributed by atoms with E-state index in [-0.39, 0.29) is 0 Å². The molecule has 0 radical (unpaired) electrons. The van der Waals surface area contributed by atoms with Gasteiger partial charge in [-0.05, 0) is 154 Å². The Kier molecular flexibility index (Phi) is 8.57. The predicted molar refractivity (Wildman–Crippen MR) is 287 cm³/mol. The van der Waals surface area contributed by atoms with Crippen LogP contribution in [-0.2, 0) is 5.41 Å². The van der Waals surface area contributed by atoms with Gasteiger partial charge in [-0.2, -0.15) is 0 Å². The fraction of sp³-hybridized carbons (Fsp3) is 0.0149. The van der Waals surface area contributed by atoms with Gasteiger partial charge in [0.2, 0.25) is 0 Å². The van der Waals surface area contributed by atoms with Gasteiger partial charge in [-0.15, -0.1) is 0 Å². The highest BCUT2D eigenvalue weighted by Gasteiger charge is 2.46. The molecule has 14 rings (SSSR count). The first-order chi connectivity index (χ1) is 33.7. The van der Waals surface area contributed by atoms with Crippen molar-refractivity contribution < 1.29 is 0 Å². The Bertz CT molecular complexity index is 4010. The van der Waals surface area contributed by atoms with Crippen molar-refractivity contribution in [1.29, 1.82) is 0 Å². The monoisotopic (exact) mass is 861 g/mol. The van der Waals surface area contributed by atoms with Gasteiger partial charge in [-0.25, -0.2) is 0 Å². The van der Waals surface area contributed by atoms with Gasteiger partial charge in [0.1, 0.15) is 0 Å². The van der Waals surface area contributed by atoms with Crippen molar-refractivity contribution in [1.82, 2.24) is 4.57 Å². The minimum Gasteiger partial charge on any atom is -0.309 e. The summed E-state index contributed by atoms with van der Waals surface area (Å²) < 4.78 is 2.52. The zero-order valence-electron chi connectivity index (χ0n) is 37.3. The van der Waals surface area contributed by atoms with Gasteiger partial charge in [-0.1, -0.05) is 206 Å². The molecule has 68 heavy (non-hydrogen) atoms. The van der Waals surface area contributed by atoms with Crippen molar-refractivity contribution in [3.63, 3.8) is 0 Å². The van der Waals surface area contributed by atoms with Gasteiger partial charge in [0, 0.05) is 16.5 Å². The van der Waals surface area contributed by atoms with Crippen molar-refractivity contribution in [2.45, 2.75) is 5.41 Å². The lowest BCUT2D eigenvalue weighted by Crippen LogP contribution is -2.28. The smallest absolute Gasteiger partial charge is 0.0714 e. The Balaban J connectivity index is 1.04. The van der Waals surface area contributed by atoms with E-state index in [1.807, 2.05) is 0 Å². The first kappa shape index (κ1) is 38.5. The van der Waals surface area contributed by atoms with Crippen LogP contribution in [0.4, 0.5) is 0 Å². The first-order valence-electron chi connectivity index (χ1n) is 23.7. The summed E-state index contributed by atoms with van der Waals surface area (Å²) in [5.74, 6) is 0. The van der Waals surface area contributed by atoms with E-state index in [1.165, 1.54) is 121 Å². The molecule has 13 aromatic rings. The first-order valence-corrected chi connectivity index (χ1v) is 23.7. The Morgan fingerprint density at radius 1 is 0.235 bits per heavy atom. The lowest BCUT2D eigenvalue weighted by atomic mass is 9.67. The molecule has 316 valence electrons. The molecule has 0 fully saturated rings. The maximum Gasteiger partial charge on any atom is 0.0714 e. The van der Waals surface area contributed by atoms with Gasteiger partial charge < -0.3 is 4.57 Å². The quantitative estimate of drug-likeness (QED) is 0.147. The third kappa shape index (κ3) is 5.69. The summed E-state index contributed by atoms with van der Waals surface area (Å²) in [7, 11) is 0. The van der Waals surface area contributed by atoms with Crippen LogP contribution in [0, 0.1) is 0 Å². The zero-order chi connectivity index (χ0) is 44.8. The second-order valence-corrected chi connectivity index (χ2v) is 18.4. The fourth-order valence-electron chi connectivity index (χ4n) is 11.8. The number of hydrogen-bond acceptors (Lipinski definition) is 0. The molecule has 1 aromatic heterocycles. The predicted octanol–water partition coefficient (Wildman–Crippen LogP) is 17.6. The van der Waals surface area contributed by atoms with Crippen LogP contribution in [-0.4, -0.2) is 4.57 Å². The molecule has 1 aliphatic carbocycles. The van der Waals surface area contributed by atoms with Crippen LogP contribution in [0.1, 0.15) is 22.3 Å². The third-order valence-corrected chi connectivity index (χ3v) is 14.8. The molecular formula is C67H43N. The topological polar surface area (TPSA) is 4.93 Å². The minimum absolute atomic E-state index is 0.503. The molecular weight excluding hydrogens is 819 g/mol. The number of rotatable bonds is 6. The molecule has 0 saturated heterocycles. The number of nitrogens with zero attached hydrogens (tertiary/aromatic N) is 1. The van der Waals surface area contributed by atoms with Crippen LogP contribution in [0.2, 0.25) is 0 Å². The van der Waals surface area contributed by atoms with Crippen LogP contribution >= 0.6 is 0 Å². The molecule has 1 nitrogen and oxygen atoms in total. The van der Waals surface area contributed by atoms with Crippen molar-refractivity contribution in [2.24, 2.45) is 0 Å². The van der Waals surface area contributed by atoms with E-state index in [4.69, 9.17) is 0 Å². The molecule has 1 heteroatoms. The second kappa shape index (κ2) is 15.1. The molecule has 0 spiro atoms. The largest absolute Gasteiger partial charge is 0.309 e. The van der Waals surface area contributed by atoms with Gasteiger partial charge in [0.15, 0.2) is 0 Å². The fourth-order valence-corrected chi connectivity index (χ4v) is 11.8. The van der Waals surface area contributed by atoms with Crippen molar-refractivity contribution in [3.05, 3.63) is 283 Å². The minimum atomic E-state index is -0.503. The van der Waals surface area contributed by atoms with E-state index in [9.17, 15) is 0 Å². The molecule has 0 amide bonds. The van der Waals surface area contributed by atoms with Crippen LogP contribution in [0.15, 0.2) is 261 Å². The van der Waals surface area contributed by atoms with Crippen LogP contribution in [0.3, 0.4) is 0 Å². The summed E-state index contributed by atoms with van der Waals surface area (Å²) in [5.41, 5.74) is 18.0. The Morgan fingerprint density at radius 2 is 0.721 bits per heavy atom. The van der Waals surface area contributed by atoms with Gasteiger partial charge in [0.05, 0.1) is 16.4 Å². The number of hydrogen-bond donors (Lipinski definition) is 0. The Morgan fingerprint density at radius 3 is 1.35 bits per heavy atom. The Labute approximate surface area is 395 Å². The molecule has 1 aliphatic rings. The zero-order valence-corrected chi connectivity index (χ0v) is 37.3. The van der Waals surface area contributed by atoms with Gasteiger partial charge in [0.25, 0.3) is 0 Å². The molecule has 0 unspecified atom stereocenters. The second-order valence-electron chi connectivity index (χ2n) is 18.4. The van der Waals surface area contributed by atoms with Gasteiger partial charge in [-0.3, -0.25) is 0 Å². The van der Waals surface area contributed by atoms with Crippen LogP contribution in [0.5, 0.6) is 0 Å². The highest BCUT2D eigenvalue weighted by atomic mass is 15.0. The molecule has 0 saturated carbocycles. The highest BCUT2D eigenvalue weighted by Crippen LogP contribution is 2.57. The third-order valence-electron chi connectivity index (χ3n) is 14.8. The van der Waals surface area contributed by atoms with E-state index < -0.39 is 5.41 Å². The number of para-hydroxylation sites is 1. The summed E-state index contributed by atoms with van der Waals surface area (Å²) in [4.78, 5) is 0. The van der Waals surface area contributed by atoms with E-state index in [1.54, 1.807) is 0 Å². The summed E-state index contributed by atoms with van der Waals surface area (Å²) in [5, 5.41) is 10.0. The van der Waals surface area contributed by atoms with Gasteiger partial charge >= 0.3 is 0 Å². The molecule has 1 heterocycles. The number of aromatic nitrogens is 1. The van der Waals surface area contributed by atoms with E-state index in [0.717, 1.165) is 5.69 Å². The maximum absolute atomic E-state index is 2.52. The van der Waals surface area contributed by atoms with Crippen molar-refractivity contribution in [3.8, 4) is 50.2 Å². The Hall–Kier alpha value is -8.78. The van der Waals surface area contributed by atoms with E-state index in [2.05, 4.69) is 265 Å². The standard InChI is InChI=1S/C67H43N/c1-5-19-44(20-6-1)47-37-48(45-21-7-2-8-22-45)39-49(38-47)46-33-35-55-53-27-13-14-28-54(53)56-36-34-52(41-60(56)59(55)40-46)68-65-32-18-16-30-58(65)62-42-61-57-29-15-17-31-63(57)67(64(61)43-66(62)68,50-23-9-3-10-24-50)51-25-11-4-12-26-51/h1-43H. The highest BCUT2D eigenvalue weighted by molar-refractivity contribution is 6.26. The lowest BCUT2D eigenvalue weighted by molar-refractivity contribution is 0.769. The summed E-state index contributed by atoms with van der Waals surface area (Å²) in [6.45, 7) is 0. The lowest BCUT2D eigenvalue weighted by Gasteiger charge is -2.34. The average Bonchev–Trinajstić information content (AvgIpc) is 3.90. The maximum atomic E-state index is 2.52. The van der Waals surface area contributed by atoms with Crippen LogP contribution in [0.25, 0.3) is 104 Å².